The van der Waals surface area contributed by atoms with E-state index in [9.17, 15) is 14.4 Å². The molecular weight excluding hydrogens is 354 g/mol. The third-order valence-electron chi connectivity index (χ3n) is 4.51. The zero-order chi connectivity index (χ0) is 20.1. The normalized spacial score (nSPS) is 13.2. The van der Waals surface area contributed by atoms with Crippen molar-refractivity contribution in [3.05, 3.63) is 65.7 Å². The number of carbonyl (C=O) groups excluding carboxylic acids is 3. The summed E-state index contributed by atoms with van der Waals surface area (Å²) < 4.78 is 0. The summed E-state index contributed by atoms with van der Waals surface area (Å²) in [7, 11) is 1.69. The van der Waals surface area contributed by atoms with Crippen molar-refractivity contribution in [1.82, 2.24) is 5.32 Å². The Hall–Kier alpha value is -3.41. The van der Waals surface area contributed by atoms with Gasteiger partial charge in [-0.15, -0.1) is 0 Å². The molecule has 0 radical (unpaired) electrons. The first-order valence-corrected chi connectivity index (χ1v) is 9.17. The second-order valence-electron chi connectivity index (χ2n) is 6.82. The third-order valence-corrected chi connectivity index (χ3v) is 4.51. The molecule has 28 heavy (non-hydrogen) atoms. The molecule has 0 spiro atoms. The van der Waals surface area contributed by atoms with Crippen LogP contribution in [0.25, 0.3) is 6.08 Å². The molecule has 3 amide bonds. The second kappa shape index (κ2) is 8.52. The Morgan fingerprint density at radius 1 is 1.00 bits per heavy atom. The first kappa shape index (κ1) is 19.4. The summed E-state index contributed by atoms with van der Waals surface area (Å²) in [4.78, 5) is 36.9. The van der Waals surface area contributed by atoms with E-state index < -0.39 is 0 Å². The van der Waals surface area contributed by atoms with E-state index in [-0.39, 0.29) is 17.7 Å². The molecule has 2 aromatic rings. The van der Waals surface area contributed by atoms with Crippen LogP contribution in [0.1, 0.15) is 35.7 Å². The standard InChI is InChI=1S/C22H23N3O3/c1-15(26)25(2)20-12-10-18(11-13-20)23-21(27)14-5-16-3-6-17(7-4-16)22(28)24-19-8-9-19/h3-7,10-14,19H,8-9H2,1-2H3,(H,23,27)(H,24,28)/b14-5+. The molecule has 1 fully saturated rings. The Bertz CT molecular complexity index is 898. The third kappa shape index (κ3) is 5.30. The largest absolute Gasteiger partial charge is 0.349 e. The van der Waals surface area contributed by atoms with Gasteiger partial charge >= 0.3 is 0 Å². The van der Waals surface area contributed by atoms with Crippen molar-refractivity contribution in [2.24, 2.45) is 0 Å². The van der Waals surface area contributed by atoms with Crippen LogP contribution in [0.15, 0.2) is 54.6 Å². The second-order valence-corrected chi connectivity index (χ2v) is 6.82. The van der Waals surface area contributed by atoms with Gasteiger partial charge in [0, 0.05) is 43.0 Å². The lowest BCUT2D eigenvalue weighted by Crippen LogP contribution is -2.25. The van der Waals surface area contributed by atoms with E-state index in [1.165, 1.54) is 17.9 Å². The highest BCUT2D eigenvalue weighted by molar-refractivity contribution is 6.02. The van der Waals surface area contributed by atoms with Crippen molar-refractivity contribution in [2.45, 2.75) is 25.8 Å². The van der Waals surface area contributed by atoms with Crippen LogP contribution < -0.4 is 15.5 Å². The first-order chi connectivity index (χ1) is 13.4. The SMILES string of the molecule is CC(=O)N(C)c1ccc(NC(=O)/C=C/c2ccc(C(=O)NC3CC3)cc2)cc1. The monoisotopic (exact) mass is 377 g/mol. The van der Waals surface area contributed by atoms with Crippen molar-refractivity contribution >= 4 is 35.2 Å². The molecule has 2 aromatic carbocycles. The number of benzene rings is 2. The van der Waals surface area contributed by atoms with E-state index in [1.54, 1.807) is 61.7 Å². The number of hydrogen-bond acceptors (Lipinski definition) is 3. The smallest absolute Gasteiger partial charge is 0.251 e. The van der Waals surface area contributed by atoms with Crippen molar-refractivity contribution in [3.63, 3.8) is 0 Å². The van der Waals surface area contributed by atoms with Gasteiger partial charge in [0.15, 0.2) is 0 Å². The fraction of sp³-hybridized carbons (Fsp3) is 0.227. The summed E-state index contributed by atoms with van der Waals surface area (Å²) in [6.07, 6.45) is 5.24. The van der Waals surface area contributed by atoms with Crippen LogP contribution in [0.2, 0.25) is 0 Å². The molecule has 0 heterocycles. The maximum atomic E-state index is 12.1. The fourth-order valence-corrected chi connectivity index (χ4v) is 2.55. The summed E-state index contributed by atoms with van der Waals surface area (Å²) in [5.41, 5.74) is 2.84. The molecule has 0 atom stereocenters. The van der Waals surface area contributed by atoms with E-state index in [1.807, 2.05) is 0 Å². The fourth-order valence-electron chi connectivity index (χ4n) is 2.55. The summed E-state index contributed by atoms with van der Waals surface area (Å²) in [6, 6.07) is 14.5. The number of nitrogens with zero attached hydrogens (tertiary/aromatic N) is 1. The van der Waals surface area contributed by atoms with E-state index >= 15 is 0 Å². The predicted octanol–water partition coefficient (Wildman–Crippen LogP) is 3.21. The summed E-state index contributed by atoms with van der Waals surface area (Å²) in [5.74, 6) is -0.381. The zero-order valence-corrected chi connectivity index (χ0v) is 15.9. The molecule has 0 bridgehead atoms. The number of hydrogen-bond donors (Lipinski definition) is 2. The van der Waals surface area contributed by atoms with Gasteiger partial charge in [0.1, 0.15) is 0 Å². The Morgan fingerprint density at radius 2 is 1.64 bits per heavy atom. The Labute approximate surface area is 164 Å². The van der Waals surface area contributed by atoms with E-state index in [0.29, 0.717) is 17.3 Å². The highest BCUT2D eigenvalue weighted by Gasteiger charge is 2.23. The molecule has 3 rings (SSSR count). The maximum absolute atomic E-state index is 12.1. The lowest BCUT2D eigenvalue weighted by Gasteiger charge is -2.15. The minimum atomic E-state index is -0.261. The molecule has 0 saturated heterocycles. The van der Waals surface area contributed by atoms with Crippen molar-refractivity contribution in [3.8, 4) is 0 Å². The van der Waals surface area contributed by atoms with Gasteiger partial charge < -0.3 is 15.5 Å². The Kier molecular flexibility index (Phi) is 5.89. The van der Waals surface area contributed by atoms with Crippen LogP contribution in [-0.2, 0) is 9.59 Å². The maximum Gasteiger partial charge on any atom is 0.251 e. The van der Waals surface area contributed by atoms with Crippen molar-refractivity contribution in [2.75, 3.05) is 17.3 Å². The van der Waals surface area contributed by atoms with Gasteiger partial charge in [-0.2, -0.15) is 0 Å². The number of nitrogens with one attached hydrogen (secondary N) is 2. The van der Waals surface area contributed by atoms with Crippen LogP contribution >= 0.6 is 0 Å². The van der Waals surface area contributed by atoms with Gasteiger partial charge in [0.05, 0.1) is 0 Å². The molecule has 1 aliphatic rings. The topological polar surface area (TPSA) is 78.5 Å². The molecule has 2 N–H and O–H groups in total. The van der Waals surface area contributed by atoms with E-state index in [2.05, 4.69) is 10.6 Å². The minimum Gasteiger partial charge on any atom is -0.349 e. The average Bonchev–Trinajstić information content (AvgIpc) is 3.50. The molecule has 6 heteroatoms. The predicted molar refractivity (Wildman–Crippen MR) is 110 cm³/mol. The molecular formula is C22H23N3O3. The lowest BCUT2D eigenvalue weighted by atomic mass is 10.1. The number of carbonyl (C=O) groups is 3. The van der Waals surface area contributed by atoms with Gasteiger partial charge in [-0.05, 0) is 60.9 Å². The van der Waals surface area contributed by atoms with Crippen LogP contribution in [0.4, 0.5) is 11.4 Å². The van der Waals surface area contributed by atoms with Crippen LogP contribution in [0.3, 0.4) is 0 Å². The average molecular weight is 377 g/mol. The Morgan fingerprint density at radius 3 is 2.21 bits per heavy atom. The number of rotatable bonds is 6. The molecule has 0 aliphatic heterocycles. The van der Waals surface area contributed by atoms with Crippen molar-refractivity contribution in [1.29, 1.82) is 0 Å². The molecule has 0 unspecified atom stereocenters. The van der Waals surface area contributed by atoms with Gasteiger partial charge in [-0.1, -0.05) is 12.1 Å². The zero-order valence-electron chi connectivity index (χ0n) is 15.9. The van der Waals surface area contributed by atoms with E-state index in [0.717, 1.165) is 24.1 Å². The summed E-state index contributed by atoms with van der Waals surface area (Å²) >= 11 is 0. The highest BCUT2D eigenvalue weighted by atomic mass is 16.2. The first-order valence-electron chi connectivity index (χ1n) is 9.17. The van der Waals surface area contributed by atoms with Crippen molar-refractivity contribution < 1.29 is 14.4 Å². The minimum absolute atomic E-state index is 0.0595. The van der Waals surface area contributed by atoms with E-state index in [4.69, 9.17) is 0 Å². The lowest BCUT2D eigenvalue weighted by molar-refractivity contribution is -0.116. The quantitative estimate of drug-likeness (QED) is 0.759. The van der Waals surface area contributed by atoms with Gasteiger partial charge in [0.2, 0.25) is 11.8 Å². The highest BCUT2D eigenvalue weighted by Crippen LogP contribution is 2.19. The molecule has 0 aromatic heterocycles. The summed E-state index contributed by atoms with van der Waals surface area (Å²) in [6.45, 7) is 1.49. The van der Waals surface area contributed by atoms with Gasteiger partial charge in [-0.25, -0.2) is 0 Å². The molecule has 144 valence electrons. The molecule has 1 saturated carbocycles. The summed E-state index contributed by atoms with van der Waals surface area (Å²) in [5, 5.41) is 5.71. The number of amides is 3. The van der Waals surface area contributed by atoms with Gasteiger partial charge in [-0.3, -0.25) is 14.4 Å². The number of anilines is 2. The van der Waals surface area contributed by atoms with Crippen LogP contribution in [0.5, 0.6) is 0 Å². The Balaban J connectivity index is 1.54. The molecule has 6 nitrogen and oxygen atoms in total. The van der Waals surface area contributed by atoms with Crippen LogP contribution in [-0.4, -0.2) is 30.8 Å². The van der Waals surface area contributed by atoms with Gasteiger partial charge in [0.25, 0.3) is 5.91 Å². The molecule has 1 aliphatic carbocycles. The van der Waals surface area contributed by atoms with Crippen LogP contribution in [0, 0.1) is 0 Å².